The first-order valence-electron chi connectivity index (χ1n) is 6.42. The fraction of sp³-hybridized carbons (Fsp3) is 0.667. The lowest BCUT2D eigenvalue weighted by Gasteiger charge is -2.34. The Bertz CT molecular complexity index is 395. The predicted octanol–water partition coefficient (Wildman–Crippen LogP) is -0.473. The third-order valence-electron chi connectivity index (χ3n) is 3.38. The number of carbonyl (C=O) groups is 1. The van der Waals surface area contributed by atoms with Crippen LogP contribution in [0.25, 0.3) is 0 Å². The Kier molecular flexibility index (Phi) is 4.33. The van der Waals surface area contributed by atoms with E-state index >= 15 is 0 Å². The molecule has 1 aliphatic rings. The van der Waals surface area contributed by atoms with Gasteiger partial charge in [-0.05, 0) is 25.6 Å². The molecule has 100 valence electrons. The summed E-state index contributed by atoms with van der Waals surface area (Å²) in [7, 11) is 1.80. The number of hydrogen-bond acceptors (Lipinski definition) is 4. The van der Waals surface area contributed by atoms with Crippen molar-refractivity contribution in [3.8, 4) is 0 Å². The van der Waals surface area contributed by atoms with Gasteiger partial charge in [0.2, 0.25) is 0 Å². The normalized spacial score (nSPS) is 17.1. The van der Waals surface area contributed by atoms with Crippen LogP contribution in [-0.2, 0) is 7.05 Å². The number of aromatic nitrogens is 2. The van der Waals surface area contributed by atoms with Gasteiger partial charge in [0.1, 0.15) is 5.69 Å². The molecule has 0 spiro atoms. The van der Waals surface area contributed by atoms with Gasteiger partial charge in [-0.2, -0.15) is 5.10 Å². The average Bonchev–Trinajstić information content (AvgIpc) is 2.82. The maximum Gasteiger partial charge on any atom is 0.272 e. The molecule has 2 heterocycles. The molecule has 1 aromatic heterocycles. The van der Waals surface area contributed by atoms with Gasteiger partial charge in [0.05, 0.1) is 0 Å². The maximum atomic E-state index is 12.2. The minimum Gasteiger partial charge on any atom is -0.335 e. The summed E-state index contributed by atoms with van der Waals surface area (Å²) < 4.78 is 1.63. The van der Waals surface area contributed by atoms with Crippen molar-refractivity contribution in [1.29, 1.82) is 0 Å². The van der Waals surface area contributed by atoms with Crippen LogP contribution >= 0.6 is 0 Å². The van der Waals surface area contributed by atoms with Crippen molar-refractivity contribution in [3.63, 3.8) is 0 Å². The summed E-state index contributed by atoms with van der Waals surface area (Å²) in [6.45, 7) is 5.20. The second kappa shape index (κ2) is 5.97. The molecule has 0 atom stereocenters. The second-order valence-corrected chi connectivity index (χ2v) is 4.62. The van der Waals surface area contributed by atoms with E-state index in [0.717, 1.165) is 45.7 Å². The van der Waals surface area contributed by atoms with Crippen LogP contribution in [0, 0.1) is 0 Å². The van der Waals surface area contributed by atoms with E-state index in [-0.39, 0.29) is 5.91 Å². The van der Waals surface area contributed by atoms with Crippen LogP contribution in [0.2, 0.25) is 0 Å². The van der Waals surface area contributed by atoms with Crippen LogP contribution < -0.4 is 5.73 Å². The van der Waals surface area contributed by atoms with Crippen molar-refractivity contribution < 1.29 is 4.79 Å². The van der Waals surface area contributed by atoms with Crippen LogP contribution in [-0.4, -0.2) is 64.8 Å². The molecule has 2 rings (SSSR count). The van der Waals surface area contributed by atoms with E-state index in [4.69, 9.17) is 5.73 Å². The zero-order valence-electron chi connectivity index (χ0n) is 10.9. The molecule has 6 heteroatoms. The highest BCUT2D eigenvalue weighted by Gasteiger charge is 2.23. The quantitative estimate of drug-likeness (QED) is 0.785. The van der Waals surface area contributed by atoms with Crippen LogP contribution in [0.3, 0.4) is 0 Å². The summed E-state index contributed by atoms with van der Waals surface area (Å²) >= 11 is 0. The molecule has 1 saturated heterocycles. The Labute approximate surface area is 107 Å². The second-order valence-electron chi connectivity index (χ2n) is 4.62. The first-order valence-corrected chi connectivity index (χ1v) is 6.42. The highest BCUT2D eigenvalue weighted by Crippen LogP contribution is 2.08. The third kappa shape index (κ3) is 2.88. The van der Waals surface area contributed by atoms with Crippen molar-refractivity contribution >= 4 is 5.91 Å². The Morgan fingerprint density at radius 3 is 2.67 bits per heavy atom. The molecule has 1 aliphatic heterocycles. The highest BCUT2D eigenvalue weighted by molar-refractivity contribution is 5.92. The number of nitrogens with zero attached hydrogens (tertiary/aromatic N) is 4. The first kappa shape index (κ1) is 13.0. The third-order valence-corrected chi connectivity index (χ3v) is 3.38. The van der Waals surface area contributed by atoms with Crippen LogP contribution in [0.1, 0.15) is 16.9 Å². The summed E-state index contributed by atoms with van der Waals surface area (Å²) in [6.07, 6.45) is 2.68. The van der Waals surface area contributed by atoms with Crippen LogP contribution in [0.4, 0.5) is 0 Å². The van der Waals surface area contributed by atoms with Crippen molar-refractivity contribution in [1.82, 2.24) is 19.6 Å². The standard InChI is InChI=1S/C12H21N5O/c1-15-11(3-5-14-15)12(18)17-9-7-16(8-10-17)6-2-4-13/h3,5H,2,4,6-10,13H2,1H3. The summed E-state index contributed by atoms with van der Waals surface area (Å²) in [5.74, 6) is 0.0773. The zero-order valence-corrected chi connectivity index (χ0v) is 10.9. The van der Waals surface area contributed by atoms with E-state index in [1.807, 2.05) is 4.90 Å². The molecule has 18 heavy (non-hydrogen) atoms. The average molecular weight is 251 g/mol. The summed E-state index contributed by atoms with van der Waals surface area (Å²) in [6, 6.07) is 1.77. The SMILES string of the molecule is Cn1nccc1C(=O)N1CCN(CCCN)CC1. The van der Waals surface area contributed by atoms with Crippen molar-refractivity contribution in [2.75, 3.05) is 39.3 Å². The minimum atomic E-state index is 0.0773. The van der Waals surface area contributed by atoms with Gasteiger partial charge in [0.15, 0.2) is 0 Å². The lowest BCUT2D eigenvalue weighted by Crippen LogP contribution is -2.49. The summed E-state index contributed by atoms with van der Waals surface area (Å²) in [5.41, 5.74) is 6.16. The zero-order chi connectivity index (χ0) is 13.0. The molecule has 2 N–H and O–H groups in total. The minimum absolute atomic E-state index is 0.0773. The van der Waals surface area contributed by atoms with Crippen molar-refractivity contribution in [3.05, 3.63) is 18.0 Å². The van der Waals surface area contributed by atoms with Gasteiger partial charge in [-0.15, -0.1) is 0 Å². The molecular weight excluding hydrogens is 230 g/mol. The van der Waals surface area contributed by atoms with Gasteiger partial charge >= 0.3 is 0 Å². The topological polar surface area (TPSA) is 67.4 Å². The van der Waals surface area contributed by atoms with E-state index in [2.05, 4.69) is 10.00 Å². The summed E-state index contributed by atoms with van der Waals surface area (Å²) in [4.78, 5) is 16.5. The van der Waals surface area contributed by atoms with E-state index < -0.39 is 0 Å². The smallest absolute Gasteiger partial charge is 0.272 e. The van der Waals surface area contributed by atoms with Gasteiger partial charge in [-0.25, -0.2) is 0 Å². The molecule has 6 nitrogen and oxygen atoms in total. The fourth-order valence-corrected chi connectivity index (χ4v) is 2.24. The molecule has 1 fully saturated rings. The highest BCUT2D eigenvalue weighted by atomic mass is 16.2. The monoisotopic (exact) mass is 251 g/mol. The number of carbonyl (C=O) groups excluding carboxylic acids is 1. The molecule has 0 radical (unpaired) electrons. The van der Waals surface area contributed by atoms with Gasteiger partial charge in [-0.1, -0.05) is 0 Å². The van der Waals surface area contributed by atoms with E-state index in [0.29, 0.717) is 5.69 Å². The van der Waals surface area contributed by atoms with Crippen molar-refractivity contribution in [2.24, 2.45) is 12.8 Å². The van der Waals surface area contributed by atoms with Gasteiger partial charge < -0.3 is 10.6 Å². The Balaban J connectivity index is 1.86. The molecule has 0 bridgehead atoms. The van der Waals surface area contributed by atoms with E-state index in [9.17, 15) is 4.79 Å². The molecule has 0 aliphatic carbocycles. The number of piperazine rings is 1. The fourth-order valence-electron chi connectivity index (χ4n) is 2.24. The number of rotatable bonds is 4. The van der Waals surface area contributed by atoms with Gasteiger partial charge in [0.25, 0.3) is 5.91 Å². The molecule has 1 aromatic rings. The molecule has 1 amide bonds. The molecular formula is C12H21N5O. The van der Waals surface area contributed by atoms with Crippen LogP contribution in [0.5, 0.6) is 0 Å². The van der Waals surface area contributed by atoms with E-state index in [1.165, 1.54) is 0 Å². The van der Waals surface area contributed by atoms with Crippen LogP contribution in [0.15, 0.2) is 12.3 Å². The maximum absolute atomic E-state index is 12.2. The van der Waals surface area contributed by atoms with Gasteiger partial charge in [-0.3, -0.25) is 14.4 Å². The lowest BCUT2D eigenvalue weighted by atomic mass is 10.2. The number of aryl methyl sites for hydroxylation is 1. The first-order chi connectivity index (χ1) is 8.72. The molecule has 0 unspecified atom stereocenters. The number of hydrogen-bond donors (Lipinski definition) is 1. The van der Waals surface area contributed by atoms with Gasteiger partial charge in [0, 0.05) is 39.4 Å². The molecule has 0 saturated carbocycles. The predicted molar refractivity (Wildman–Crippen MR) is 69.2 cm³/mol. The van der Waals surface area contributed by atoms with E-state index in [1.54, 1.807) is 24.0 Å². The number of amides is 1. The molecule has 0 aromatic carbocycles. The summed E-state index contributed by atoms with van der Waals surface area (Å²) in [5, 5.41) is 4.03. The Morgan fingerprint density at radius 2 is 2.11 bits per heavy atom. The lowest BCUT2D eigenvalue weighted by molar-refractivity contribution is 0.0626. The largest absolute Gasteiger partial charge is 0.335 e. The van der Waals surface area contributed by atoms with Crippen molar-refractivity contribution in [2.45, 2.75) is 6.42 Å². The Morgan fingerprint density at radius 1 is 1.39 bits per heavy atom. The number of nitrogens with two attached hydrogens (primary N) is 1. The Hall–Kier alpha value is -1.40.